The molecule has 0 amide bonds. The Kier molecular flexibility index (Phi) is 12.2. The van der Waals surface area contributed by atoms with Crippen molar-refractivity contribution in [3.05, 3.63) is 48.6 Å². The van der Waals surface area contributed by atoms with Crippen molar-refractivity contribution < 1.29 is 43.2 Å². The molecule has 0 aliphatic carbocycles. The van der Waals surface area contributed by atoms with Crippen molar-refractivity contribution in [2.45, 2.75) is 78.3 Å². The molecule has 9 nitrogen and oxygen atoms in total. The normalized spacial score (nSPS) is 11.1. The van der Waals surface area contributed by atoms with Crippen LogP contribution in [0.4, 0.5) is 0 Å². The van der Waals surface area contributed by atoms with Crippen LogP contribution in [0.5, 0.6) is 0 Å². The summed E-state index contributed by atoms with van der Waals surface area (Å²) in [5.74, 6) is -9.65. The Balaban J connectivity index is 7.12. The number of aliphatic hydroxyl groups excluding tert-OH is 1. The Morgan fingerprint density at radius 1 is 0.618 bits per heavy atom. The molecule has 9 heteroatoms. The van der Waals surface area contributed by atoms with E-state index in [1.807, 2.05) is 6.92 Å². The van der Waals surface area contributed by atoms with E-state index in [0.717, 1.165) is 12.8 Å². The molecule has 0 bridgehead atoms. The summed E-state index contributed by atoms with van der Waals surface area (Å²) in [6.07, 6.45) is 2.21. The number of carbonyl (C=O) groups excluding carboxylic acids is 4. The molecule has 0 unspecified atom stereocenters. The zero-order valence-corrected chi connectivity index (χ0v) is 20.8. The van der Waals surface area contributed by atoms with Crippen molar-refractivity contribution in [3.8, 4) is 0 Å². The fraction of sp³-hybridized carbons (Fsp3) is 0.520. The average Bonchev–Trinajstić information content (AvgIpc) is 2.75. The highest BCUT2D eigenvalue weighted by Crippen LogP contribution is 2.40. The largest absolute Gasteiger partial charge is 0.411 e. The summed E-state index contributed by atoms with van der Waals surface area (Å²) < 4.78 is 21.8. The average molecular weight is 481 g/mol. The molecule has 34 heavy (non-hydrogen) atoms. The van der Waals surface area contributed by atoms with Gasteiger partial charge in [-0.2, -0.15) is 0 Å². The van der Waals surface area contributed by atoms with E-state index < -0.39 is 42.1 Å². The Morgan fingerprint density at radius 2 is 0.941 bits per heavy atom. The van der Waals surface area contributed by atoms with Gasteiger partial charge in [-0.1, -0.05) is 52.5 Å². The maximum absolute atomic E-state index is 12.7. The minimum absolute atomic E-state index is 0.0893. The van der Waals surface area contributed by atoms with Crippen LogP contribution < -0.4 is 0 Å². The first-order valence-electron chi connectivity index (χ1n) is 10.8. The standard InChI is InChI=1S/C25H36O9/c1-10-11-12-13-14-24(31-20(27)16(2)3,32-21(28)17(4)5)25(15-26,33-22(29)18(6)7)34-23(30)19(8)9/h26H,2,4,6,8,10-15H2,1,3,5,7,9H3. The first-order valence-corrected chi connectivity index (χ1v) is 10.8. The second-order valence-corrected chi connectivity index (χ2v) is 8.15. The third-order valence-corrected chi connectivity index (χ3v) is 4.57. The maximum Gasteiger partial charge on any atom is 0.358 e. The summed E-state index contributed by atoms with van der Waals surface area (Å²) in [5, 5.41) is 10.4. The van der Waals surface area contributed by atoms with Gasteiger partial charge in [0, 0.05) is 28.7 Å². The number of rotatable bonds is 15. The van der Waals surface area contributed by atoms with Crippen molar-refractivity contribution in [1.29, 1.82) is 0 Å². The van der Waals surface area contributed by atoms with Crippen LogP contribution in [-0.2, 0) is 38.1 Å². The van der Waals surface area contributed by atoms with E-state index in [0.29, 0.717) is 6.42 Å². The van der Waals surface area contributed by atoms with Gasteiger partial charge in [0.05, 0.1) is 0 Å². The minimum atomic E-state index is -2.79. The molecule has 0 heterocycles. The molecule has 0 saturated carbocycles. The number of hydrogen-bond donors (Lipinski definition) is 1. The lowest BCUT2D eigenvalue weighted by atomic mass is 9.96. The topological polar surface area (TPSA) is 125 Å². The van der Waals surface area contributed by atoms with Gasteiger partial charge in [0.2, 0.25) is 0 Å². The molecule has 0 aliphatic heterocycles. The van der Waals surface area contributed by atoms with Gasteiger partial charge in [-0.05, 0) is 34.1 Å². The molecular formula is C25H36O9. The van der Waals surface area contributed by atoms with Crippen LogP contribution in [0.15, 0.2) is 48.6 Å². The molecule has 0 spiro atoms. The predicted molar refractivity (Wildman–Crippen MR) is 125 cm³/mol. The van der Waals surface area contributed by atoms with Crippen molar-refractivity contribution in [3.63, 3.8) is 0 Å². The van der Waals surface area contributed by atoms with E-state index in [2.05, 4.69) is 26.3 Å². The minimum Gasteiger partial charge on any atom is -0.411 e. The van der Waals surface area contributed by atoms with Gasteiger partial charge in [0.25, 0.3) is 0 Å². The second kappa shape index (κ2) is 13.5. The van der Waals surface area contributed by atoms with Crippen molar-refractivity contribution in [2.24, 2.45) is 0 Å². The van der Waals surface area contributed by atoms with Gasteiger partial charge in [-0.15, -0.1) is 0 Å². The SMILES string of the molecule is C=C(C)C(=O)OC(CO)(OC(=O)C(=C)C)C(CCCCCC)(OC(=O)C(=C)C)OC(=O)C(=C)C. The van der Waals surface area contributed by atoms with E-state index in [-0.39, 0.29) is 35.1 Å². The second-order valence-electron chi connectivity index (χ2n) is 8.15. The van der Waals surface area contributed by atoms with Crippen molar-refractivity contribution in [2.75, 3.05) is 6.61 Å². The lowest BCUT2D eigenvalue weighted by Crippen LogP contribution is -2.65. The van der Waals surface area contributed by atoms with Crippen LogP contribution in [0.1, 0.15) is 66.7 Å². The summed E-state index contributed by atoms with van der Waals surface area (Å²) in [7, 11) is 0. The summed E-state index contributed by atoms with van der Waals surface area (Å²) in [5.41, 5.74) is -0.426. The number of unbranched alkanes of at least 4 members (excludes halogenated alkanes) is 3. The zero-order valence-electron chi connectivity index (χ0n) is 20.8. The number of carbonyl (C=O) groups is 4. The van der Waals surface area contributed by atoms with Crippen LogP contribution in [0.2, 0.25) is 0 Å². The van der Waals surface area contributed by atoms with E-state index >= 15 is 0 Å². The van der Waals surface area contributed by atoms with Gasteiger partial charge in [0.15, 0.2) is 0 Å². The number of aliphatic hydroxyl groups is 1. The fourth-order valence-electron chi connectivity index (χ4n) is 2.56. The Hall–Kier alpha value is -3.20. The quantitative estimate of drug-likeness (QED) is 0.161. The molecule has 0 aromatic carbocycles. The smallest absolute Gasteiger partial charge is 0.358 e. The van der Waals surface area contributed by atoms with E-state index in [9.17, 15) is 24.3 Å². The van der Waals surface area contributed by atoms with Crippen LogP contribution >= 0.6 is 0 Å². The van der Waals surface area contributed by atoms with Gasteiger partial charge >= 0.3 is 35.5 Å². The highest BCUT2D eigenvalue weighted by Gasteiger charge is 2.64. The number of esters is 4. The molecule has 0 radical (unpaired) electrons. The fourth-order valence-corrected chi connectivity index (χ4v) is 2.56. The Bertz CT molecular complexity index is 794. The van der Waals surface area contributed by atoms with Crippen LogP contribution in [-0.4, -0.2) is 47.2 Å². The van der Waals surface area contributed by atoms with Gasteiger partial charge in [0.1, 0.15) is 6.61 Å². The lowest BCUT2D eigenvalue weighted by Gasteiger charge is -2.45. The van der Waals surface area contributed by atoms with Crippen LogP contribution in [0.25, 0.3) is 0 Å². The number of ether oxygens (including phenoxy) is 4. The zero-order chi connectivity index (χ0) is 26.7. The monoisotopic (exact) mass is 480 g/mol. The third-order valence-electron chi connectivity index (χ3n) is 4.57. The molecule has 0 aromatic rings. The van der Waals surface area contributed by atoms with E-state index in [1.165, 1.54) is 27.7 Å². The van der Waals surface area contributed by atoms with Crippen LogP contribution in [0.3, 0.4) is 0 Å². The maximum atomic E-state index is 12.7. The molecule has 0 atom stereocenters. The summed E-state index contributed by atoms with van der Waals surface area (Å²) >= 11 is 0. The summed E-state index contributed by atoms with van der Waals surface area (Å²) in [4.78, 5) is 50.5. The highest BCUT2D eigenvalue weighted by molar-refractivity contribution is 5.91. The Labute approximate surface area is 201 Å². The van der Waals surface area contributed by atoms with Crippen molar-refractivity contribution >= 4 is 23.9 Å². The summed E-state index contributed by atoms with van der Waals surface area (Å²) in [6.45, 7) is 20.0. The molecule has 0 rings (SSSR count). The lowest BCUT2D eigenvalue weighted by molar-refractivity contribution is -0.371. The molecule has 0 aliphatic rings. The van der Waals surface area contributed by atoms with Crippen LogP contribution in [0, 0.1) is 0 Å². The number of hydrogen-bond acceptors (Lipinski definition) is 9. The Morgan fingerprint density at radius 3 is 1.21 bits per heavy atom. The predicted octanol–water partition coefficient (Wildman–Crippen LogP) is 3.82. The van der Waals surface area contributed by atoms with E-state index in [4.69, 9.17) is 18.9 Å². The summed E-state index contributed by atoms with van der Waals surface area (Å²) in [6, 6.07) is 0. The molecule has 0 aromatic heterocycles. The molecule has 190 valence electrons. The van der Waals surface area contributed by atoms with Gasteiger partial charge < -0.3 is 24.1 Å². The molecule has 1 N–H and O–H groups in total. The first-order chi connectivity index (χ1) is 15.7. The van der Waals surface area contributed by atoms with Gasteiger partial charge in [-0.25, -0.2) is 19.2 Å². The first kappa shape index (κ1) is 30.8. The highest BCUT2D eigenvalue weighted by atomic mass is 16.8. The third kappa shape index (κ3) is 8.30. The molecule has 0 fully saturated rings. The van der Waals surface area contributed by atoms with Crippen molar-refractivity contribution in [1.82, 2.24) is 0 Å². The van der Waals surface area contributed by atoms with E-state index in [1.54, 1.807) is 0 Å². The molecular weight excluding hydrogens is 444 g/mol. The molecule has 0 saturated heterocycles. The van der Waals surface area contributed by atoms with Gasteiger partial charge in [-0.3, -0.25) is 0 Å².